The molecular formula is C11H22N2O2. The number of likely N-dealkylation sites (N-methyl/N-ethyl adjacent to an activating group) is 1. The molecule has 2 unspecified atom stereocenters. The first-order valence-electron chi connectivity index (χ1n) is 5.96. The zero-order chi connectivity index (χ0) is 10.5. The smallest absolute Gasteiger partial charge is 0.0826 e. The van der Waals surface area contributed by atoms with Gasteiger partial charge in [-0.3, -0.25) is 0 Å². The fourth-order valence-electron chi connectivity index (χ4n) is 2.19. The van der Waals surface area contributed by atoms with Gasteiger partial charge in [0.15, 0.2) is 0 Å². The molecule has 0 aromatic rings. The van der Waals surface area contributed by atoms with E-state index in [1.54, 1.807) is 0 Å². The van der Waals surface area contributed by atoms with Crippen LogP contribution in [-0.4, -0.2) is 63.5 Å². The van der Waals surface area contributed by atoms with Gasteiger partial charge >= 0.3 is 0 Å². The highest BCUT2D eigenvalue weighted by Crippen LogP contribution is 2.07. The average Bonchev–Trinajstić information content (AvgIpc) is 2.28. The zero-order valence-corrected chi connectivity index (χ0v) is 9.58. The first kappa shape index (κ1) is 11.3. The zero-order valence-electron chi connectivity index (χ0n) is 9.58. The lowest BCUT2D eigenvalue weighted by Gasteiger charge is -2.32. The number of nitrogens with zero attached hydrogens (tertiary/aromatic N) is 1. The van der Waals surface area contributed by atoms with E-state index in [2.05, 4.69) is 17.3 Å². The number of rotatable bonds is 3. The summed E-state index contributed by atoms with van der Waals surface area (Å²) < 4.78 is 11.1. The van der Waals surface area contributed by atoms with Crippen molar-refractivity contribution in [2.45, 2.75) is 25.0 Å². The summed E-state index contributed by atoms with van der Waals surface area (Å²) >= 11 is 0. The summed E-state index contributed by atoms with van der Waals surface area (Å²) in [6.07, 6.45) is 2.77. The molecule has 88 valence electrons. The van der Waals surface area contributed by atoms with Gasteiger partial charge in [0.05, 0.1) is 19.3 Å². The summed E-state index contributed by atoms with van der Waals surface area (Å²) in [6.45, 7) is 5.72. The Labute approximate surface area is 91.9 Å². The topological polar surface area (TPSA) is 33.7 Å². The van der Waals surface area contributed by atoms with Gasteiger partial charge < -0.3 is 19.7 Å². The molecule has 0 aromatic carbocycles. The Balaban J connectivity index is 1.63. The van der Waals surface area contributed by atoms with Crippen LogP contribution < -0.4 is 5.32 Å². The molecule has 15 heavy (non-hydrogen) atoms. The Bertz CT molecular complexity index is 183. The van der Waals surface area contributed by atoms with E-state index in [0.717, 1.165) is 39.5 Å². The van der Waals surface area contributed by atoms with Crippen LogP contribution in [0.3, 0.4) is 0 Å². The minimum absolute atomic E-state index is 0.352. The van der Waals surface area contributed by atoms with E-state index in [1.165, 1.54) is 12.8 Å². The molecule has 0 saturated carbocycles. The van der Waals surface area contributed by atoms with Crippen LogP contribution >= 0.6 is 0 Å². The van der Waals surface area contributed by atoms with Crippen LogP contribution in [0.4, 0.5) is 0 Å². The first-order chi connectivity index (χ1) is 7.34. The number of hydrogen-bond acceptors (Lipinski definition) is 4. The molecule has 0 aromatic heterocycles. The van der Waals surface area contributed by atoms with Gasteiger partial charge in [0.25, 0.3) is 0 Å². The molecule has 0 bridgehead atoms. The number of nitrogens with one attached hydrogen (secondary N) is 1. The molecule has 0 radical (unpaired) electrons. The minimum Gasteiger partial charge on any atom is -0.380 e. The summed E-state index contributed by atoms with van der Waals surface area (Å²) in [7, 11) is 2.15. The lowest BCUT2D eigenvalue weighted by Crippen LogP contribution is -2.48. The number of morpholine rings is 1. The highest BCUT2D eigenvalue weighted by atomic mass is 16.5. The maximum absolute atomic E-state index is 5.69. The van der Waals surface area contributed by atoms with Crippen molar-refractivity contribution < 1.29 is 9.47 Å². The third kappa shape index (κ3) is 3.72. The predicted octanol–water partition coefficient (Wildman–Crippen LogP) is 0.0856. The molecule has 4 heteroatoms. The first-order valence-corrected chi connectivity index (χ1v) is 5.96. The van der Waals surface area contributed by atoms with Crippen molar-refractivity contribution in [1.29, 1.82) is 0 Å². The minimum atomic E-state index is 0.352. The van der Waals surface area contributed by atoms with Crippen molar-refractivity contribution in [3.63, 3.8) is 0 Å². The van der Waals surface area contributed by atoms with Crippen LogP contribution in [0.25, 0.3) is 0 Å². The van der Waals surface area contributed by atoms with Crippen molar-refractivity contribution in [3.8, 4) is 0 Å². The van der Waals surface area contributed by atoms with Crippen molar-refractivity contribution in [2.24, 2.45) is 0 Å². The molecule has 0 amide bonds. The van der Waals surface area contributed by atoms with Crippen molar-refractivity contribution in [3.05, 3.63) is 0 Å². The van der Waals surface area contributed by atoms with E-state index in [1.807, 2.05) is 0 Å². The van der Waals surface area contributed by atoms with Gasteiger partial charge in [-0.15, -0.1) is 0 Å². The van der Waals surface area contributed by atoms with Crippen molar-refractivity contribution in [1.82, 2.24) is 10.2 Å². The van der Waals surface area contributed by atoms with E-state index >= 15 is 0 Å². The molecular weight excluding hydrogens is 192 g/mol. The maximum Gasteiger partial charge on any atom is 0.0826 e. The Kier molecular flexibility index (Phi) is 4.38. The van der Waals surface area contributed by atoms with Gasteiger partial charge in [-0.05, 0) is 19.9 Å². The standard InChI is InChI=1S/C11H22N2O2/c1-13-4-6-15-11(8-13)7-12-10-3-2-5-14-9-10/h10-12H,2-9H2,1H3. The fraction of sp³-hybridized carbons (Fsp3) is 1.00. The second-order valence-corrected chi connectivity index (χ2v) is 4.58. The Morgan fingerprint density at radius 2 is 2.33 bits per heavy atom. The molecule has 2 rings (SSSR count). The van der Waals surface area contributed by atoms with E-state index < -0.39 is 0 Å². The quantitative estimate of drug-likeness (QED) is 0.722. The SMILES string of the molecule is CN1CCOC(CNC2CCCOC2)C1. The monoisotopic (exact) mass is 214 g/mol. The average molecular weight is 214 g/mol. The molecule has 2 aliphatic heterocycles. The summed E-state index contributed by atoms with van der Waals surface area (Å²) in [5, 5.41) is 3.54. The Hall–Kier alpha value is -0.160. The van der Waals surface area contributed by atoms with E-state index in [9.17, 15) is 0 Å². The van der Waals surface area contributed by atoms with Gasteiger partial charge in [-0.2, -0.15) is 0 Å². The highest BCUT2D eigenvalue weighted by molar-refractivity contribution is 4.76. The molecule has 0 spiro atoms. The number of hydrogen-bond donors (Lipinski definition) is 1. The molecule has 2 fully saturated rings. The fourth-order valence-corrected chi connectivity index (χ4v) is 2.19. The summed E-state index contributed by atoms with van der Waals surface area (Å²) in [5.74, 6) is 0. The summed E-state index contributed by atoms with van der Waals surface area (Å²) in [6, 6.07) is 0.537. The molecule has 0 aliphatic carbocycles. The third-order valence-electron chi connectivity index (χ3n) is 3.14. The van der Waals surface area contributed by atoms with E-state index in [0.29, 0.717) is 12.1 Å². The largest absolute Gasteiger partial charge is 0.380 e. The maximum atomic E-state index is 5.69. The third-order valence-corrected chi connectivity index (χ3v) is 3.14. The van der Waals surface area contributed by atoms with Gasteiger partial charge in [-0.25, -0.2) is 0 Å². The molecule has 2 saturated heterocycles. The molecule has 2 atom stereocenters. The summed E-state index contributed by atoms with van der Waals surface area (Å²) in [5.41, 5.74) is 0. The van der Waals surface area contributed by atoms with Gasteiger partial charge in [0.2, 0.25) is 0 Å². The predicted molar refractivity (Wildman–Crippen MR) is 59.1 cm³/mol. The lowest BCUT2D eigenvalue weighted by atomic mass is 10.1. The Morgan fingerprint density at radius 1 is 1.40 bits per heavy atom. The lowest BCUT2D eigenvalue weighted by molar-refractivity contribution is -0.0227. The highest BCUT2D eigenvalue weighted by Gasteiger charge is 2.19. The van der Waals surface area contributed by atoms with Gasteiger partial charge in [0, 0.05) is 32.3 Å². The van der Waals surface area contributed by atoms with Crippen LogP contribution in [0.1, 0.15) is 12.8 Å². The normalized spacial score (nSPS) is 34.2. The van der Waals surface area contributed by atoms with Crippen molar-refractivity contribution in [2.75, 3.05) is 46.5 Å². The van der Waals surface area contributed by atoms with Crippen LogP contribution in [-0.2, 0) is 9.47 Å². The molecule has 2 aliphatic rings. The summed E-state index contributed by atoms with van der Waals surface area (Å²) in [4.78, 5) is 2.33. The Morgan fingerprint density at radius 3 is 3.07 bits per heavy atom. The van der Waals surface area contributed by atoms with E-state index in [-0.39, 0.29) is 0 Å². The number of ether oxygens (including phenoxy) is 2. The van der Waals surface area contributed by atoms with Crippen LogP contribution in [0.2, 0.25) is 0 Å². The van der Waals surface area contributed by atoms with Crippen LogP contribution in [0, 0.1) is 0 Å². The van der Waals surface area contributed by atoms with Gasteiger partial charge in [-0.1, -0.05) is 0 Å². The molecule has 2 heterocycles. The molecule has 4 nitrogen and oxygen atoms in total. The van der Waals surface area contributed by atoms with Gasteiger partial charge in [0.1, 0.15) is 0 Å². The molecule has 1 N–H and O–H groups in total. The van der Waals surface area contributed by atoms with Crippen LogP contribution in [0.5, 0.6) is 0 Å². The second-order valence-electron chi connectivity index (χ2n) is 4.58. The second kappa shape index (κ2) is 5.80. The van der Waals surface area contributed by atoms with E-state index in [4.69, 9.17) is 9.47 Å². The van der Waals surface area contributed by atoms with Crippen LogP contribution in [0.15, 0.2) is 0 Å². The van der Waals surface area contributed by atoms with Crippen molar-refractivity contribution >= 4 is 0 Å².